The van der Waals surface area contributed by atoms with Crippen molar-refractivity contribution in [1.82, 2.24) is 4.90 Å². The van der Waals surface area contributed by atoms with E-state index < -0.39 is 0 Å². The van der Waals surface area contributed by atoms with E-state index in [4.69, 9.17) is 9.47 Å². The van der Waals surface area contributed by atoms with E-state index in [1.165, 1.54) is 5.56 Å². The maximum atomic E-state index is 13.1. The molecular weight excluding hydrogens is 326 g/mol. The standard InChI is InChI=1S/C22H25NO3/c1-3-14-26-20-12-11-18(16-21(20)25-2)22(24)23-13-7-10-19(23)15-17-8-5-4-6-9-17/h3-6,8-9,11-12,16,19H,1,7,10,13-15H2,2H3. The summed E-state index contributed by atoms with van der Waals surface area (Å²) in [4.78, 5) is 15.0. The Kier molecular flexibility index (Phi) is 5.95. The minimum Gasteiger partial charge on any atom is -0.493 e. The molecule has 1 aliphatic rings. The predicted molar refractivity (Wildman–Crippen MR) is 103 cm³/mol. The zero-order chi connectivity index (χ0) is 18.4. The molecule has 26 heavy (non-hydrogen) atoms. The summed E-state index contributed by atoms with van der Waals surface area (Å²) in [5.41, 5.74) is 1.90. The van der Waals surface area contributed by atoms with Crippen molar-refractivity contribution in [1.29, 1.82) is 0 Å². The molecule has 0 saturated carbocycles. The van der Waals surface area contributed by atoms with E-state index in [2.05, 4.69) is 18.7 Å². The van der Waals surface area contributed by atoms with Gasteiger partial charge in [0.15, 0.2) is 11.5 Å². The fourth-order valence-corrected chi connectivity index (χ4v) is 3.44. The predicted octanol–water partition coefficient (Wildman–Crippen LogP) is 4.11. The van der Waals surface area contributed by atoms with Crippen molar-refractivity contribution in [3.63, 3.8) is 0 Å². The van der Waals surface area contributed by atoms with E-state index in [0.717, 1.165) is 25.8 Å². The number of benzene rings is 2. The lowest BCUT2D eigenvalue weighted by atomic mass is 10.0. The number of rotatable bonds is 7. The molecule has 4 nitrogen and oxygen atoms in total. The first kappa shape index (κ1) is 18.1. The van der Waals surface area contributed by atoms with Crippen molar-refractivity contribution < 1.29 is 14.3 Å². The Hall–Kier alpha value is -2.75. The van der Waals surface area contributed by atoms with Crippen molar-refractivity contribution in [2.75, 3.05) is 20.3 Å². The maximum Gasteiger partial charge on any atom is 0.254 e. The van der Waals surface area contributed by atoms with Crippen LogP contribution in [0.4, 0.5) is 0 Å². The smallest absolute Gasteiger partial charge is 0.254 e. The van der Waals surface area contributed by atoms with Crippen molar-refractivity contribution in [2.45, 2.75) is 25.3 Å². The van der Waals surface area contributed by atoms with E-state index in [-0.39, 0.29) is 11.9 Å². The average molecular weight is 351 g/mol. The molecule has 0 aliphatic carbocycles. The largest absolute Gasteiger partial charge is 0.493 e. The highest BCUT2D eigenvalue weighted by atomic mass is 16.5. The van der Waals surface area contributed by atoms with Gasteiger partial charge < -0.3 is 14.4 Å². The molecule has 0 N–H and O–H groups in total. The molecule has 136 valence electrons. The van der Waals surface area contributed by atoms with E-state index in [1.807, 2.05) is 23.1 Å². The van der Waals surface area contributed by atoms with Crippen molar-refractivity contribution in [3.8, 4) is 11.5 Å². The van der Waals surface area contributed by atoms with Gasteiger partial charge in [-0.1, -0.05) is 43.0 Å². The van der Waals surface area contributed by atoms with E-state index >= 15 is 0 Å². The van der Waals surface area contributed by atoms with E-state index in [9.17, 15) is 4.79 Å². The summed E-state index contributed by atoms with van der Waals surface area (Å²) < 4.78 is 11.0. The number of carbonyl (C=O) groups is 1. The van der Waals surface area contributed by atoms with Crippen LogP contribution in [0.15, 0.2) is 61.2 Å². The van der Waals surface area contributed by atoms with E-state index in [0.29, 0.717) is 23.7 Å². The topological polar surface area (TPSA) is 38.8 Å². The van der Waals surface area contributed by atoms with Crippen LogP contribution in [-0.2, 0) is 6.42 Å². The lowest BCUT2D eigenvalue weighted by Gasteiger charge is -2.25. The van der Waals surface area contributed by atoms with Crippen LogP contribution >= 0.6 is 0 Å². The average Bonchev–Trinajstić information content (AvgIpc) is 3.14. The number of hydrogen-bond acceptors (Lipinski definition) is 3. The lowest BCUT2D eigenvalue weighted by Crippen LogP contribution is -2.36. The number of nitrogens with zero attached hydrogens (tertiary/aromatic N) is 1. The Bertz CT molecular complexity index is 757. The SMILES string of the molecule is C=CCOc1ccc(C(=O)N2CCCC2Cc2ccccc2)cc1OC. The molecule has 1 aliphatic heterocycles. The molecule has 1 saturated heterocycles. The number of carbonyl (C=O) groups excluding carboxylic acids is 1. The zero-order valence-corrected chi connectivity index (χ0v) is 15.2. The highest BCUT2D eigenvalue weighted by Crippen LogP contribution is 2.30. The summed E-state index contributed by atoms with van der Waals surface area (Å²) in [7, 11) is 1.58. The number of methoxy groups -OCH3 is 1. The number of amides is 1. The monoisotopic (exact) mass is 351 g/mol. The summed E-state index contributed by atoms with van der Waals surface area (Å²) in [5, 5.41) is 0. The summed E-state index contributed by atoms with van der Waals surface area (Å²) in [6.07, 6.45) is 4.65. The molecule has 2 aromatic carbocycles. The lowest BCUT2D eigenvalue weighted by molar-refractivity contribution is 0.0736. The Balaban J connectivity index is 1.76. The van der Waals surface area contributed by atoms with Crippen LogP contribution < -0.4 is 9.47 Å². The molecule has 1 atom stereocenters. The third kappa shape index (κ3) is 4.07. The normalized spacial score (nSPS) is 16.3. The highest BCUT2D eigenvalue weighted by molar-refractivity contribution is 5.95. The Morgan fingerprint density at radius 1 is 1.23 bits per heavy atom. The van der Waals surface area contributed by atoms with Gasteiger partial charge in [0.25, 0.3) is 5.91 Å². The Labute approximate surface area is 155 Å². The van der Waals surface area contributed by atoms with Crippen molar-refractivity contribution in [3.05, 3.63) is 72.3 Å². The maximum absolute atomic E-state index is 13.1. The molecule has 2 aromatic rings. The van der Waals surface area contributed by atoms with Crippen LogP contribution in [0.1, 0.15) is 28.8 Å². The second kappa shape index (κ2) is 8.56. The number of likely N-dealkylation sites (tertiary alicyclic amines) is 1. The molecule has 0 spiro atoms. The Morgan fingerprint density at radius 3 is 2.77 bits per heavy atom. The van der Waals surface area contributed by atoms with Gasteiger partial charge in [0, 0.05) is 18.2 Å². The minimum absolute atomic E-state index is 0.0528. The van der Waals surface area contributed by atoms with E-state index in [1.54, 1.807) is 31.4 Å². The third-order valence-electron chi connectivity index (χ3n) is 4.72. The molecule has 0 aromatic heterocycles. The highest BCUT2D eigenvalue weighted by Gasteiger charge is 2.29. The fourth-order valence-electron chi connectivity index (χ4n) is 3.44. The van der Waals surface area contributed by atoms with Gasteiger partial charge in [-0.2, -0.15) is 0 Å². The third-order valence-corrected chi connectivity index (χ3v) is 4.72. The van der Waals surface area contributed by atoms with Gasteiger partial charge in [-0.3, -0.25) is 4.79 Å². The number of hydrogen-bond donors (Lipinski definition) is 0. The van der Waals surface area contributed by atoms with Crippen LogP contribution in [0.25, 0.3) is 0 Å². The first-order valence-electron chi connectivity index (χ1n) is 8.99. The van der Waals surface area contributed by atoms with Gasteiger partial charge in [-0.25, -0.2) is 0 Å². The first-order valence-corrected chi connectivity index (χ1v) is 8.99. The van der Waals surface area contributed by atoms with Crippen LogP contribution in [0, 0.1) is 0 Å². The molecule has 1 unspecified atom stereocenters. The molecule has 4 heteroatoms. The second-order valence-electron chi connectivity index (χ2n) is 6.45. The van der Waals surface area contributed by atoms with Crippen LogP contribution in [-0.4, -0.2) is 37.1 Å². The van der Waals surface area contributed by atoms with Gasteiger partial charge in [0.2, 0.25) is 0 Å². The van der Waals surface area contributed by atoms with Gasteiger partial charge in [-0.05, 0) is 43.0 Å². The molecule has 1 fully saturated rings. The molecule has 3 rings (SSSR count). The van der Waals surface area contributed by atoms with Crippen LogP contribution in [0.5, 0.6) is 11.5 Å². The second-order valence-corrected chi connectivity index (χ2v) is 6.45. The Morgan fingerprint density at radius 2 is 2.04 bits per heavy atom. The zero-order valence-electron chi connectivity index (χ0n) is 15.2. The summed E-state index contributed by atoms with van der Waals surface area (Å²) in [6.45, 7) is 4.84. The summed E-state index contributed by atoms with van der Waals surface area (Å²) in [5.74, 6) is 1.24. The van der Waals surface area contributed by atoms with Crippen molar-refractivity contribution in [2.24, 2.45) is 0 Å². The molecule has 0 radical (unpaired) electrons. The van der Waals surface area contributed by atoms with Crippen molar-refractivity contribution >= 4 is 5.91 Å². The van der Waals surface area contributed by atoms with Gasteiger partial charge in [0.05, 0.1) is 7.11 Å². The fraction of sp³-hybridized carbons (Fsp3) is 0.318. The van der Waals surface area contributed by atoms with Crippen LogP contribution in [0.3, 0.4) is 0 Å². The molecule has 1 heterocycles. The summed E-state index contributed by atoms with van der Waals surface area (Å²) in [6, 6.07) is 16.0. The van der Waals surface area contributed by atoms with Gasteiger partial charge >= 0.3 is 0 Å². The number of ether oxygens (including phenoxy) is 2. The minimum atomic E-state index is 0.0528. The first-order chi connectivity index (χ1) is 12.7. The molecular formula is C22H25NO3. The van der Waals surface area contributed by atoms with Gasteiger partial charge in [0.1, 0.15) is 6.61 Å². The van der Waals surface area contributed by atoms with Gasteiger partial charge in [-0.15, -0.1) is 0 Å². The molecule has 1 amide bonds. The van der Waals surface area contributed by atoms with Crippen LogP contribution in [0.2, 0.25) is 0 Å². The summed E-state index contributed by atoms with van der Waals surface area (Å²) >= 11 is 0. The molecule has 0 bridgehead atoms. The quantitative estimate of drug-likeness (QED) is 0.705.